The minimum Gasteiger partial charge on any atom is -0.267 e. The number of fused-ring (bicyclic) bond motifs is 6. The molecule has 1 heterocycles. The van der Waals surface area contributed by atoms with E-state index < -0.39 is 0 Å². The standard InChI is InChI=1S/C19H12N2O.C13H10/c22-19(13-7-2-1-3-8-13)21-17-12-6-10-15-14-9-4-5-11-16(14)20-18(15)17;1-3-7-12-10(5-1)9-11-6-2-4-8-13(11)12/h1-12H;1-8H,9H2. The maximum Gasteiger partial charge on any atom is 0.277 e. The number of carbonyl (C=O) groups is 1. The molecular weight excluding hydrogens is 428 g/mol. The summed E-state index contributed by atoms with van der Waals surface area (Å²) in [5.41, 5.74) is 10.8. The zero-order chi connectivity index (χ0) is 23.6. The van der Waals surface area contributed by atoms with Gasteiger partial charge < -0.3 is 0 Å². The average molecular weight is 451 g/mol. The monoisotopic (exact) mass is 450 g/mol. The summed E-state index contributed by atoms with van der Waals surface area (Å²) in [4.78, 5) is 21.1. The highest BCUT2D eigenvalue weighted by atomic mass is 16.1. The van der Waals surface area contributed by atoms with Crippen molar-refractivity contribution in [2.75, 3.05) is 0 Å². The van der Waals surface area contributed by atoms with Crippen LogP contribution < -0.4 is 0 Å². The summed E-state index contributed by atoms with van der Waals surface area (Å²) >= 11 is 0. The van der Waals surface area contributed by atoms with Crippen molar-refractivity contribution >= 4 is 28.6 Å². The topological polar surface area (TPSA) is 41.8 Å². The molecule has 3 nitrogen and oxygen atoms in total. The summed E-state index contributed by atoms with van der Waals surface area (Å²) in [6, 6.07) is 34.3. The normalized spacial score (nSPS) is 15.1. The van der Waals surface area contributed by atoms with E-state index in [1.54, 1.807) is 12.1 Å². The van der Waals surface area contributed by atoms with Crippen LogP contribution >= 0.6 is 0 Å². The molecule has 7 rings (SSSR count). The van der Waals surface area contributed by atoms with E-state index in [-0.39, 0.29) is 5.91 Å². The second-order valence-electron chi connectivity index (χ2n) is 8.58. The van der Waals surface area contributed by atoms with Crippen molar-refractivity contribution in [3.63, 3.8) is 0 Å². The van der Waals surface area contributed by atoms with Crippen molar-refractivity contribution in [1.82, 2.24) is 0 Å². The number of amides is 1. The van der Waals surface area contributed by atoms with Gasteiger partial charge in [-0.05, 0) is 52.9 Å². The highest BCUT2D eigenvalue weighted by Gasteiger charge is 2.25. The van der Waals surface area contributed by atoms with Crippen LogP contribution in [0.15, 0.2) is 131 Å². The quantitative estimate of drug-likeness (QED) is 0.248. The lowest BCUT2D eigenvalue weighted by atomic mass is 9.96. The number of hydrogen-bond acceptors (Lipinski definition) is 2. The Morgan fingerprint density at radius 2 is 1.29 bits per heavy atom. The minimum absolute atomic E-state index is 0.250. The molecule has 1 aliphatic heterocycles. The molecule has 0 fully saturated rings. The van der Waals surface area contributed by atoms with Crippen LogP contribution in [0.4, 0.5) is 5.69 Å². The summed E-state index contributed by atoms with van der Waals surface area (Å²) in [6.45, 7) is 0. The summed E-state index contributed by atoms with van der Waals surface area (Å²) in [7, 11) is 0. The molecule has 166 valence electrons. The highest BCUT2D eigenvalue weighted by Crippen LogP contribution is 2.37. The molecule has 0 saturated heterocycles. The van der Waals surface area contributed by atoms with Crippen LogP contribution in [0.25, 0.3) is 16.7 Å². The summed E-state index contributed by atoms with van der Waals surface area (Å²) in [5, 5.41) is 0. The van der Waals surface area contributed by atoms with Crippen molar-refractivity contribution in [2.24, 2.45) is 9.98 Å². The van der Waals surface area contributed by atoms with E-state index in [1.165, 1.54) is 22.3 Å². The van der Waals surface area contributed by atoms with E-state index in [9.17, 15) is 4.79 Å². The average Bonchev–Trinajstić information content (AvgIpc) is 3.49. The number of hydrogen-bond donors (Lipinski definition) is 0. The molecule has 0 bridgehead atoms. The third-order valence-corrected chi connectivity index (χ3v) is 6.39. The van der Waals surface area contributed by atoms with Gasteiger partial charge in [0.25, 0.3) is 5.91 Å². The largest absolute Gasteiger partial charge is 0.277 e. The molecule has 4 aromatic carbocycles. The molecule has 4 aromatic rings. The number of aliphatic imine (C=N–C) groups is 2. The zero-order valence-electron chi connectivity index (χ0n) is 19.1. The first-order valence-electron chi connectivity index (χ1n) is 11.7. The van der Waals surface area contributed by atoms with E-state index in [0.29, 0.717) is 11.3 Å². The van der Waals surface area contributed by atoms with Crippen molar-refractivity contribution in [3.05, 3.63) is 144 Å². The number of benzene rings is 4. The molecule has 0 radical (unpaired) electrons. The summed E-state index contributed by atoms with van der Waals surface area (Å²) in [6.07, 6.45) is 6.85. The Hall–Kier alpha value is -4.63. The van der Waals surface area contributed by atoms with E-state index in [0.717, 1.165) is 29.0 Å². The fourth-order valence-electron chi connectivity index (χ4n) is 4.71. The van der Waals surface area contributed by atoms with Crippen LogP contribution in [0, 0.1) is 0 Å². The van der Waals surface area contributed by atoms with Gasteiger partial charge in [-0.25, -0.2) is 9.98 Å². The predicted molar refractivity (Wildman–Crippen MR) is 144 cm³/mol. The number of nitrogens with zero attached hydrogens (tertiary/aromatic N) is 2. The molecule has 1 amide bonds. The summed E-state index contributed by atoms with van der Waals surface area (Å²) in [5.74, 6) is -0.250. The second-order valence-corrected chi connectivity index (χ2v) is 8.58. The van der Waals surface area contributed by atoms with Crippen molar-refractivity contribution in [2.45, 2.75) is 6.42 Å². The SMILES string of the molecule is O=C(N=C1C=CC=C2C1=Nc1ccccc12)c1ccccc1.c1ccc2c(c1)Cc1ccccc1-2. The third-order valence-electron chi connectivity index (χ3n) is 6.39. The van der Waals surface area contributed by atoms with E-state index >= 15 is 0 Å². The van der Waals surface area contributed by atoms with Crippen LogP contribution in [-0.4, -0.2) is 17.3 Å². The van der Waals surface area contributed by atoms with Crippen molar-refractivity contribution < 1.29 is 4.79 Å². The first-order chi connectivity index (χ1) is 17.3. The van der Waals surface area contributed by atoms with Gasteiger partial charge in [-0.1, -0.05) is 97.1 Å². The number of allylic oxidation sites excluding steroid dienone is 4. The van der Waals surface area contributed by atoms with E-state index in [4.69, 9.17) is 0 Å². The number of rotatable bonds is 1. The Bertz CT molecular complexity index is 1530. The van der Waals surface area contributed by atoms with Crippen molar-refractivity contribution in [1.29, 1.82) is 0 Å². The zero-order valence-corrected chi connectivity index (χ0v) is 19.1. The fourth-order valence-corrected chi connectivity index (χ4v) is 4.71. The van der Waals surface area contributed by atoms with Crippen LogP contribution in [0.5, 0.6) is 0 Å². The van der Waals surface area contributed by atoms with Gasteiger partial charge in [0.1, 0.15) is 0 Å². The Kier molecular flexibility index (Phi) is 5.36. The van der Waals surface area contributed by atoms with Crippen molar-refractivity contribution in [3.8, 4) is 11.1 Å². The Morgan fingerprint density at radius 1 is 0.686 bits per heavy atom. The van der Waals surface area contributed by atoms with Crippen LogP contribution in [0.1, 0.15) is 27.0 Å². The first-order valence-corrected chi connectivity index (χ1v) is 11.7. The molecule has 2 aliphatic carbocycles. The lowest BCUT2D eigenvalue weighted by Gasteiger charge is -2.08. The minimum atomic E-state index is -0.250. The smallest absolute Gasteiger partial charge is 0.267 e. The van der Waals surface area contributed by atoms with Gasteiger partial charge in [0, 0.05) is 16.7 Å². The van der Waals surface area contributed by atoms with E-state index in [1.807, 2.05) is 60.7 Å². The van der Waals surface area contributed by atoms with Crippen LogP contribution in [0.3, 0.4) is 0 Å². The van der Waals surface area contributed by atoms with Crippen LogP contribution in [0.2, 0.25) is 0 Å². The molecule has 0 atom stereocenters. The van der Waals surface area contributed by atoms with Gasteiger partial charge in [-0.15, -0.1) is 0 Å². The van der Waals surface area contributed by atoms with Gasteiger partial charge >= 0.3 is 0 Å². The molecule has 0 aromatic heterocycles. The molecule has 0 spiro atoms. The molecule has 3 heteroatoms. The first kappa shape index (κ1) is 20.9. The maximum atomic E-state index is 12.3. The molecule has 3 aliphatic rings. The molecule has 0 N–H and O–H groups in total. The third kappa shape index (κ3) is 3.98. The Labute approximate surface area is 204 Å². The van der Waals surface area contributed by atoms with Gasteiger partial charge in [-0.3, -0.25) is 4.79 Å². The maximum absolute atomic E-state index is 12.3. The lowest BCUT2D eigenvalue weighted by Crippen LogP contribution is -2.15. The van der Waals surface area contributed by atoms with Crippen LogP contribution in [-0.2, 0) is 6.42 Å². The molecule has 0 unspecified atom stereocenters. The number of carbonyl (C=O) groups excluding carboxylic acids is 1. The highest BCUT2D eigenvalue weighted by molar-refractivity contribution is 6.64. The fraction of sp³-hybridized carbons (Fsp3) is 0.0312. The predicted octanol–water partition coefficient (Wildman–Crippen LogP) is 7.27. The molecule has 35 heavy (non-hydrogen) atoms. The van der Waals surface area contributed by atoms with Gasteiger partial charge in [0.15, 0.2) is 0 Å². The molecular formula is C32H22N2O. The Morgan fingerprint density at radius 3 is 2.00 bits per heavy atom. The molecule has 0 saturated carbocycles. The van der Waals surface area contributed by atoms with Gasteiger partial charge in [-0.2, -0.15) is 0 Å². The van der Waals surface area contributed by atoms with Gasteiger partial charge in [0.05, 0.1) is 17.1 Å². The lowest BCUT2D eigenvalue weighted by molar-refractivity contribution is 0.100. The summed E-state index contributed by atoms with van der Waals surface area (Å²) < 4.78 is 0. The Balaban J connectivity index is 0.000000149. The van der Waals surface area contributed by atoms with Gasteiger partial charge in [0.2, 0.25) is 0 Å². The second kappa shape index (κ2) is 8.96. The van der Waals surface area contributed by atoms with E-state index in [2.05, 4.69) is 58.5 Å². The number of para-hydroxylation sites is 1.